The number of likely N-dealkylation sites (N-methyl/N-ethyl adjacent to an activating group) is 1. The molecule has 0 N–H and O–H groups in total. The molecule has 0 radical (unpaired) electrons. The molecule has 0 spiro atoms. The SMILES string of the molecule is COc1cc(C)ccc1C(=O)CN(C)C1CCCCC1C. The number of methoxy groups -OCH3 is 1. The number of nitrogens with zero attached hydrogens (tertiary/aromatic N) is 1. The summed E-state index contributed by atoms with van der Waals surface area (Å²) in [6.07, 6.45) is 5.08. The zero-order chi connectivity index (χ0) is 15.4. The lowest BCUT2D eigenvalue weighted by Crippen LogP contribution is -2.41. The molecule has 1 saturated carbocycles. The lowest BCUT2D eigenvalue weighted by Gasteiger charge is -2.36. The Morgan fingerprint density at radius 1 is 1.33 bits per heavy atom. The quantitative estimate of drug-likeness (QED) is 0.774. The minimum atomic E-state index is 0.145. The number of benzene rings is 1. The number of ether oxygens (including phenoxy) is 1. The van der Waals surface area contributed by atoms with Crippen molar-refractivity contribution in [1.29, 1.82) is 0 Å². The van der Waals surface area contributed by atoms with Gasteiger partial charge < -0.3 is 4.74 Å². The average Bonchev–Trinajstić information content (AvgIpc) is 2.47. The highest BCUT2D eigenvalue weighted by Crippen LogP contribution is 2.28. The van der Waals surface area contributed by atoms with Crippen molar-refractivity contribution in [3.8, 4) is 5.75 Å². The van der Waals surface area contributed by atoms with Crippen molar-refractivity contribution in [1.82, 2.24) is 4.90 Å². The van der Waals surface area contributed by atoms with Gasteiger partial charge >= 0.3 is 0 Å². The summed E-state index contributed by atoms with van der Waals surface area (Å²) in [5.74, 6) is 1.51. The Morgan fingerprint density at radius 3 is 2.71 bits per heavy atom. The fraction of sp³-hybridized carbons (Fsp3) is 0.611. The predicted molar refractivity (Wildman–Crippen MR) is 86.1 cm³/mol. The molecule has 1 fully saturated rings. The van der Waals surface area contributed by atoms with Gasteiger partial charge in [-0.15, -0.1) is 0 Å². The van der Waals surface area contributed by atoms with Crippen molar-refractivity contribution in [3.63, 3.8) is 0 Å². The van der Waals surface area contributed by atoms with Gasteiger partial charge in [0, 0.05) is 6.04 Å². The molecular formula is C18H27NO2. The second-order valence-electron chi connectivity index (χ2n) is 6.37. The van der Waals surface area contributed by atoms with Crippen molar-refractivity contribution < 1.29 is 9.53 Å². The second kappa shape index (κ2) is 7.08. The first-order valence-corrected chi connectivity index (χ1v) is 7.91. The molecule has 2 rings (SSSR count). The molecule has 1 aromatic rings. The van der Waals surface area contributed by atoms with Crippen LogP contribution < -0.4 is 4.74 Å². The van der Waals surface area contributed by atoms with Crippen molar-refractivity contribution in [3.05, 3.63) is 29.3 Å². The summed E-state index contributed by atoms with van der Waals surface area (Å²) in [7, 11) is 3.70. The van der Waals surface area contributed by atoms with Crippen LogP contribution in [0.15, 0.2) is 18.2 Å². The van der Waals surface area contributed by atoms with Gasteiger partial charge in [-0.2, -0.15) is 0 Å². The van der Waals surface area contributed by atoms with E-state index in [0.29, 0.717) is 29.8 Å². The number of Topliss-reactive ketones (excluding diaryl/α,β-unsaturated/α-hetero) is 1. The first-order chi connectivity index (χ1) is 10.0. The van der Waals surface area contributed by atoms with Crippen molar-refractivity contribution in [2.45, 2.75) is 45.6 Å². The molecule has 1 aromatic carbocycles. The first-order valence-electron chi connectivity index (χ1n) is 7.91. The van der Waals surface area contributed by atoms with Gasteiger partial charge in [-0.1, -0.05) is 25.8 Å². The lowest BCUT2D eigenvalue weighted by atomic mass is 9.85. The largest absolute Gasteiger partial charge is 0.496 e. The highest BCUT2D eigenvalue weighted by molar-refractivity contribution is 6.00. The Morgan fingerprint density at radius 2 is 2.05 bits per heavy atom. The third-order valence-electron chi connectivity index (χ3n) is 4.68. The van der Waals surface area contributed by atoms with E-state index < -0.39 is 0 Å². The fourth-order valence-corrected chi connectivity index (χ4v) is 3.41. The Bertz CT molecular complexity index is 498. The molecule has 3 nitrogen and oxygen atoms in total. The van der Waals surface area contributed by atoms with Crippen LogP contribution in [0.5, 0.6) is 5.75 Å². The zero-order valence-electron chi connectivity index (χ0n) is 13.7. The molecule has 2 unspecified atom stereocenters. The third kappa shape index (κ3) is 3.85. The summed E-state index contributed by atoms with van der Waals surface area (Å²) in [6, 6.07) is 6.31. The lowest BCUT2D eigenvalue weighted by molar-refractivity contribution is 0.0848. The molecule has 2 atom stereocenters. The van der Waals surface area contributed by atoms with E-state index in [1.165, 1.54) is 25.7 Å². The van der Waals surface area contributed by atoms with Crippen molar-refractivity contribution in [2.24, 2.45) is 5.92 Å². The van der Waals surface area contributed by atoms with Gasteiger partial charge in [-0.25, -0.2) is 0 Å². The van der Waals surface area contributed by atoms with Crippen LogP contribution in [0.4, 0.5) is 0 Å². The molecule has 21 heavy (non-hydrogen) atoms. The molecule has 0 heterocycles. The van der Waals surface area contributed by atoms with E-state index in [4.69, 9.17) is 4.74 Å². The summed E-state index contributed by atoms with van der Waals surface area (Å²) in [4.78, 5) is 14.8. The second-order valence-corrected chi connectivity index (χ2v) is 6.37. The summed E-state index contributed by atoms with van der Waals surface area (Å²) in [5.41, 5.74) is 1.80. The van der Waals surface area contributed by atoms with Crippen LogP contribution in [0, 0.1) is 12.8 Å². The van der Waals surface area contributed by atoms with Crippen molar-refractivity contribution >= 4 is 5.78 Å². The van der Waals surface area contributed by atoms with E-state index in [1.807, 2.05) is 25.1 Å². The van der Waals surface area contributed by atoms with Gasteiger partial charge in [0.05, 0.1) is 19.2 Å². The van der Waals surface area contributed by atoms with Gasteiger partial charge in [-0.05, 0) is 50.4 Å². The number of hydrogen-bond donors (Lipinski definition) is 0. The topological polar surface area (TPSA) is 29.5 Å². The fourth-order valence-electron chi connectivity index (χ4n) is 3.41. The van der Waals surface area contributed by atoms with Gasteiger partial charge in [0.2, 0.25) is 0 Å². The summed E-state index contributed by atoms with van der Waals surface area (Å²) >= 11 is 0. The Labute approximate surface area is 128 Å². The molecule has 0 bridgehead atoms. The van der Waals surface area contributed by atoms with E-state index in [9.17, 15) is 4.79 Å². The maximum absolute atomic E-state index is 12.6. The average molecular weight is 289 g/mol. The summed E-state index contributed by atoms with van der Waals surface area (Å²) < 4.78 is 5.36. The van der Waals surface area contributed by atoms with E-state index in [0.717, 1.165) is 5.56 Å². The number of hydrogen-bond acceptors (Lipinski definition) is 3. The highest BCUT2D eigenvalue weighted by atomic mass is 16.5. The maximum atomic E-state index is 12.6. The molecule has 0 aliphatic heterocycles. The third-order valence-corrected chi connectivity index (χ3v) is 4.68. The van der Waals surface area contributed by atoms with E-state index in [1.54, 1.807) is 7.11 Å². The molecule has 0 saturated heterocycles. The minimum absolute atomic E-state index is 0.145. The maximum Gasteiger partial charge on any atom is 0.180 e. The van der Waals surface area contributed by atoms with Crippen LogP contribution >= 0.6 is 0 Å². The van der Waals surface area contributed by atoms with Crippen LogP contribution in [-0.2, 0) is 0 Å². The monoisotopic (exact) mass is 289 g/mol. The standard InChI is InChI=1S/C18H27NO2/c1-13-9-10-15(18(11-13)21-4)17(20)12-19(3)16-8-6-5-7-14(16)2/h9-11,14,16H,5-8,12H2,1-4H3. The Kier molecular flexibility index (Phi) is 5.40. The number of rotatable bonds is 5. The van der Waals surface area contributed by atoms with E-state index in [2.05, 4.69) is 18.9 Å². The zero-order valence-corrected chi connectivity index (χ0v) is 13.7. The first kappa shape index (κ1) is 16.0. The van der Waals surface area contributed by atoms with Crippen molar-refractivity contribution in [2.75, 3.05) is 20.7 Å². The van der Waals surface area contributed by atoms with Crippen LogP contribution in [-0.4, -0.2) is 37.4 Å². The number of ketones is 1. The molecule has 1 aliphatic rings. The smallest absolute Gasteiger partial charge is 0.180 e. The molecule has 0 aromatic heterocycles. The molecule has 0 amide bonds. The predicted octanol–water partition coefficient (Wildman–Crippen LogP) is 3.70. The van der Waals surface area contributed by atoms with E-state index in [-0.39, 0.29) is 5.78 Å². The normalized spacial score (nSPS) is 22.3. The van der Waals surface area contributed by atoms with Gasteiger partial charge in [0.25, 0.3) is 0 Å². The number of aryl methyl sites for hydroxylation is 1. The van der Waals surface area contributed by atoms with Crippen LogP contribution in [0.25, 0.3) is 0 Å². The molecular weight excluding hydrogens is 262 g/mol. The molecule has 3 heteroatoms. The van der Waals surface area contributed by atoms with Gasteiger partial charge in [0.15, 0.2) is 5.78 Å². The van der Waals surface area contributed by atoms with Gasteiger partial charge in [-0.3, -0.25) is 9.69 Å². The minimum Gasteiger partial charge on any atom is -0.496 e. The Hall–Kier alpha value is -1.35. The van der Waals surface area contributed by atoms with Crippen LogP contribution in [0.2, 0.25) is 0 Å². The number of carbonyl (C=O) groups excluding carboxylic acids is 1. The van der Waals surface area contributed by atoms with Crippen LogP contribution in [0.1, 0.15) is 48.5 Å². The highest BCUT2D eigenvalue weighted by Gasteiger charge is 2.26. The summed E-state index contributed by atoms with van der Waals surface area (Å²) in [6.45, 7) is 4.78. The van der Waals surface area contributed by atoms with Gasteiger partial charge in [0.1, 0.15) is 5.75 Å². The Balaban J connectivity index is 2.07. The summed E-state index contributed by atoms with van der Waals surface area (Å²) in [5, 5.41) is 0. The molecule has 1 aliphatic carbocycles. The molecule has 116 valence electrons. The van der Waals surface area contributed by atoms with E-state index >= 15 is 0 Å². The number of carbonyl (C=O) groups is 1. The van der Waals surface area contributed by atoms with Crippen LogP contribution in [0.3, 0.4) is 0 Å².